The van der Waals surface area contributed by atoms with Crippen LogP contribution in [0.15, 0.2) is 21.0 Å². The van der Waals surface area contributed by atoms with Crippen LogP contribution in [0.2, 0.25) is 0 Å². The van der Waals surface area contributed by atoms with Crippen LogP contribution < -0.4 is 11.1 Å². The van der Waals surface area contributed by atoms with Crippen molar-refractivity contribution in [3.8, 4) is 0 Å². The van der Waals surface area contributed by atoms with E-state index in [0.717, 1.165) is 46.7 Å². The van der Waals surface area contributed by atoms with Crippen molar-refractivity contribution in [3.63, 3.8) is 0 Å². The molecule has 1 fully saturated rings. The third-order valence-corrected chi connectivity index (χ3v) is 6.70. The van der Waals surface area contributed by atoms with E-state index in [1.54, 1.807) is 18.0 Å². The fourth-order valence-electron chi connectivity index (χ4n) is 3.05. The number of hydrogen-bond donors (Lipinski definition) is 3. The standard InChI is InChI=1S/C18H28N4O2S2/c1-18(2,3)13-8-20-14(24-13)10-25-15-9-21-17(26-15)22-16(23)11-5-4-6-12(19)7-11/h8-9,11-12,16,23H,4-7,10,19H2,1-3H3,(H,21,22). The van der Waals surface area contributed by atoms with Crippen LogP contribution in [0, 0.1) is 5.92 Å². The van der Waals surface area contributed by atoms with E-state index in [9.17, 15) is 5.11 Å². The molecule has 26 heavy (non-hydrogen) atoms. The maximum absolute atomic E-state index is 10.4. The summed E-state index contributed by atoms with van der Waals surface area (Å²) in [5, 5.41) is 14.3. The molecule has 3 atom stereocenters. The highest BCUT2D eigenvalue weighted by molar-refractivity contribution is 8.00. The van der Waals surface area contributed by atoms with Gasteiger partial charge in [0, 0.05) is 17.4 Å². The first-order valence-corrected chi connectivity index (χ1v) is 10.9. The van der Waals surface area contributed by atoms with Crippen molar-refractivity contribution in [2.75, 3.05) is 5.32 Å². The van der Waals surface area contributed by atoms with E-state index in [-0.39, 0.29) is 17.4 Å². The summed E-state index contributed by atoms with van der Waals surface area (Å²) in [6.07, 6.45) is 7.04. The number of nitrogens with one attached hydrogen (secondary N) is 1. The van der Waals surface area contributed by atoms with Gasteiger partial charge in [0.2, 0.25) is 5.89 Å². The summed E-state index contributed by atoms with van der Waals surface area (Å²) in [6.45, 7) is 6.32. The van der Waals surface area contributed by atoms with Gasteiger partial charge in [0.1, 0.15) is 12.0 Å². The summed E-state index contributed by atoms with van der Waals surface area (Å²) < 4.78 is 6.88. The quantitative estimate of drug-likeness (QED) is 0.502. The summed E-state index contributed by atoms with van der Waals surface area (Å²) in [5.41, 5.74) is 5.98. The zero-order chi connectivity index (χ0) is 18.7. The molecule has 2 heterocycles. The van der Waals surface area contributed by atoms with Crippen LogP contribution in [0.1, 0.15) is 58.1 Å². The highest BCUT2D eigenvalue weighted by atomic mass is 32.2. The maximum atomic E-state index is 10.4. The number of hydrogen-bond acceptors (Lipinski definition) is 8. The molecule has 0 amide bonds. The number of nitrogens with two attached hydrogens (primary N) is 1. The zero-order valence-corrected chi connectivity index (χ0v) is 17.2. The molecule has 8 heteroatoms. The lowest BCUT2D eigenvalue weighted by Crippen LogP contribution is -2.37. The number of oxazole rings is 1. The van der Waals surface area contributed by atoms with Gasteiger partial charge in [0.15, 0.2) is 5.13 Å². The third-order valence-electron chi connectivity index (χ3n) is 4.59. The summed E-state index contributed by atoms with van der Waals surface area (Å²) in [5.74, 6) is 2.48. The van der Waals surface area contributed by atoms with E-state index >= 15 is 0 Å². The van der Waals surface area contributed by atoms with Crippen molar-refractivity contribution in [1.29, 1.82) is 0 Å². The average molecular weight is 397 g/mol. The molecule has 2 aromatic heterocycles. The van der Waals surface area contributed by atoms with Crippen LogP contribution in [0.25, 0.3) is 0 Å². The lowest BCUT2D eigenvalue weighted by Gasteiger charge is -2.30. The Morgan fingerprint density at radius 3 is 2.88 bits per heavy atom. The molecular weight excluding hydrogens is 368 g/mol. The number of aromatic nitrogens is 2. The maximum Gasteiger partial charge on any atom is 0.204 e. The largest absolute Gasteiger partial charge is 0.444 e. The van der Waals surface area contributed by atoms with E-state index < -0.39 is 6.23 Å². The van der Waals surface area contributed by atoms with E-state index in [1.807, 2.05) is 6.20 Å². The van der Waals surface area contributed by atoms with Crippen LogP contribution >= 0.6 is 23.1 Å². The highest BCUT2D eigenvalue weighted by Gasteiger charge is 2.26. The van der Waals surface area contributed by atoms with Crippen molar-refractivity contribution < 1.29 is 9.52 Å². The van der Waals surface area contributed by atoms with Gasteiger partial charge >= 0.3 is 0 Å². The molecule has 6 nitrogen and oxygen atoms in total. The number of aliphatic hydroxyl groups excluding tert-OH is 1. The first-order valence-electron chi connectivity index (χ1n) is 9.05. The Morgan fingerprint density at radius 1 is 1.38 bits per heavy atom. The molecule has 3 unspecified atom stereocenters. The molecule has 1 aliphatic rings. The van der Waals surface area contributed by atoms with Crippen LogP contribution in [0.5, 0.6) is 0 Å². The van der Waals surface area contributed by atoms with E-state index in [4.69, 9.17) is 10.2 Å². The average Bonchev–Trinajstić information content (AvgIpc) is 3.21. The fraction of sp³-hybridized carbons (Fsp3) is 0.667. The number of aliphatic hydroxyl groups is 1. The Labute approximate surface area is 163 Å². The van der Waals surface area contributed by atoms with Crippen LogP contribution in [-0.2, 0) is 11.2 Å². The van der Waals surface area contributed by atoms with Gasteiger partial charge in [-0.3, -0.25) is 0 Å². The first-order chi connectivity index (χ1) is 12.3. The van der Waals surface area contributed by atoms with Crippen molar-refractivity contribution in [3.05, 3.63) is 24.0 Å². The lowest BCUT2D eigenvalue weighted by atomic mass is 9.85. The second kappa shape index (κ2) is 8.29. The van der Waals surface area contributed by atoms with Crippen LogP contribution in [0.4, 0.5) is 5.13 Å². The molecule has 0 aromatic carbocycles. The summed E-state index contributed by atoms with van der Waals surface area (Å²) >= 11 is 3.18. The minimum Gasteiger partial charge on any atom is -0.444 e. The number of rotatable bonds is 6. The van der Waals surface area contributed by atoms with Crippen LogP contribution in [-0.4, -0.2) is 27.3 Å². The van der Waals surface area contributed by atoms with Crippen molar-refractivity contribution in [1.82, 2.24) is 9.97 Å². The van der Waals surface area contributed by atoms with Gasteiger partial charge in [0.25, 0.3) is 0 Å². The fourth-order valence-corrected chi connectivity index (χ4v) is 4.80. The van der Waals surface area contributed by atoms with Crippen molar-refractivity contribution >= 4 is 28.2 Å². The Bertz CT molecular complexity index is 710. The smallest absolute Gasteiger partial charge is 0.204 e. The molecule has 0 radical (unpaired) electrons. The molecule has 1 saturated carbocycles. The Morgan fingerprint density at radius 2 is 2.19 bits per heavy atom. The van der Waals surface area contributed by atoms with E-state index in [0.29, 0.717) is 5.75 Å². The Balaban J connectivity index is 1.51. The van der Waals surface area contributed by atoms with Crippen molar-refractivity contribution in [2.24, 2.45) is 11.7 Å². The molecule has 144 valence electrons. The summed E-state index contributed by atoms with van der Waals surface area (Å²) in [4.78, 5) is 8.72. The third kappa shape index (κ3) is 5.22. The van der Waals surface area contributed by atoms with Gasteiger partial charge in [-0.25, -0.2) is 9.97 Å². The van der Waals surface area contributed by atoms with Gasteiger partial charge < -0.3 is 20.6 Å². The predicted octanol–water partition coefficient (Wildman–Crippen LogP) is 3.97. The van der Waals surface area contributed by atoms with Crippen LogP contribution in [0.3, 0.4) is 0 Å². The second-order valence-electron chi connectivity index (χ2n) is 7.92. The topological polar surface area (TPSA) is 97.2 Å². The van der Waals surface area contributed by atoms with Gasteiger partial charge in [-0.2, -0.15) is 0 Å². The van der Waals surface area contributed by atoms with Gasteiger partial charge in [-0.05, 0) is 19.3 Å². The molecule has 3 rings (SSSR count). The second-order valence-corrected chi connectivity index (χ2v) is 10.2. The highest BCUT2D eigenvalue weighted by Crippen LogP contribution is 2.33. The number of nitrogens with zero attached hydrogens (tertiary/aromatic N) is 2. The summed E-state index contributed by atoms with van der Waals surface area (Å²) in [7, 11) is 0. The molecule has 0 aliphatic heterocycles. The Kier molecular flexibility index (Phi) is 6.27. The van der Waals surface area contributed by atoms with Gasteiger partial charge in [-0.15, -0.1) is 11.8 Å². The number of thiazole rings is 1. The molecule has 0 saturated heterocycles. The molecule has 1 aliphatic carbocycles. The van der Waals surface area contributed by atoms with E-state index in [2.05, 4.69) is 36.1 Å². The molecule has 0 spiro atoms. The van der Waals surface area contributed by atoms with Gasteiger partial charge in [-0.1, -0.05) is 38.5 Å². The molecule has 2 aromatic rings. The molecule has 0 bridgehead atoms. The predicted molar refractivity (Wildman–Crippen MR) is 106 cm³/mol. The number of anilines is 1. The monoisotopic (exact) mass is 396 g/mol. The lowest BCUT2D eigenvalue weighted by molar-refractivity contribution is 0.103. The molecule has 4 N–H and O–H groups in total. The van der Waals surface area contributed by atoms with Gasteiger partial charge in [0.05, 0.1) is 22.4 Å². The minimum absolute atomic E-state index is 0.0325. The number of thioether (sulfide) groups is 1. The zero-order valence-electron chi connectivity index (χ0n) is 15.6. The van der Waals surface area contributed by atoms with Crippen molar-refractivity contribution in [2.45, 2.75) is 74.1 Å². The SMILES string of the molecule is CC(C)(C)c1cnc(CSc2cnc(NC(O)C3CCCC(N)C3)s2)o1. The minimum atomic E-state index is -0.591. The first kappa shape index (κ1) is 19.7. The van der Waals surface area contributed by atoms with E-state index in [1.165, 1.54) is 11.3 Å². The summed E-state index contributed by atoms with van der Waals surface area (Å²) in [6, 6.07) is 0.200. The molecular formula is C18H28N4O2S2. The Hall–Kier alpha value is -1.09. The normalized spacial score (nSPS) is 22.3.